The minimum Gasteiger partial charge on any atom is -0.480 e. The van der Waals surface area contributed by atoms with Gasteiger partial charge in [0.25, 0.3) is 0 Å². The topological polar surface area (TPSA) is 70.1 Å². The minimum atomic E-state index is -1.00. The number of ether oxygens (including phenoxy) is 1. The van der Waals surface area contributed by atoms with Gasteiger partial charge in [-0.05, 0) is 38.8 Å². The summed E-state index contributed by atoms with van der Waals surface area (Å²) in [7, 11) is 0. The first-order valence-corrected chi connectivity index (χ1v) is 8.16. The van der Waals surface area contributed by atoms with E-state index in [0.29, 0.717) is 26.2 Å². The number of amides is 1. The van der Waals surface area contributed by atoms with Gasteiger partial charge in [-0.1, -0.05) is 24.3 Å². The zero-order valence-corrected chi connectivity index (χ0v) is 14.8. The predicted molar refractivity (Wildman–Crippen MR) is 90.8 cm³/mol. The number of aliphatic carboxylic acids is 1. The molecule has 1 N–H and O–H groups in total. The molecule has 0 unspecified atom stereocenters. The van der Waals surface area contributed by atoms with Gasteiger partial charge in [0.15, 0.2) is 0 Å². The molecule has 1 aliphatic rings. The van der Waals surface area contributed by atoms with Gasteiger partial charge in [0, 0.05) is 26.2 Å². The van der Waals surface area contributed by atoms with Crippen LogP contribution in [0.25, 0.3) is 0 Å². The quantitative estimate of drug-likeness (QED) is 0.920. The monoisotopic (exact) mass is 334 g/mol. The van der Waals surface area contributed by atoms with Gasteiger partial charge in [-0.15, -0.1) is 0 Å². The molecular formula is C18H26N2O4. The summed E-state index contributed by atoms with van der Waals surface area (Å²) in [5.41, 5.74) is 1.71. The third kappa shape index (κ3) is 4.71. The summed E-state index contributed by atoms with van der Waals surface area (Å²) in [4.78, 5) is 27.3. The molecule has 0 bridgehead atoms. The first-order chi connectivity index (χ1) is 11.2. The van der Waals surface area contributed by atoms with Gasteiger partial charge < -0.3 is 9.84 Å². The molecule has 0 spiro atoms. The molecule has 0 aromatic heterocycles. The van der Waals surface area contributed by atoms with E-state index in [1.807, 2.05) is 31.2 Å². The highest BCUT2D eigenvalue weighted by atomic mass is 16.6. The molecule has 1 aliphatic heterocycles. The van der Waals surface area contributed by atoms with E-state index in [2.05, 4.69) is 4.90 Å². The molecular weight excluding hydrogens is 308 g/mol. The van der Waals surface area contributed by atoms with Crippen LogP contribution in [0.2, 0.25) is 0 Å². The summed E-state index contributed by atoms with van der Waals surface area (Å²) < 4.78 is 5.34. The number of carbonyl (C=O) groups is 2. The fourth-order valence-electron chi connectivity index (χ4n) is 2.76. The smallest absolute Gasteiger partial charge is 0.411 e. The number of rotatable bonds is 3. The number of carboxylic acids is 1. The van der Waals surface area contributed by atoms with Gasteiger partial charge in [-0.3, -0.25) is 9.80 Å². The number of carbonyl (C=O) groups excluding carboxylic acids is 1. The lowest BCUT2D eigenvalue weighted by atomic mass is 10.1. The van der Waals surface area contributed by atoms with Gasteiger partial charge >= 0.3 is 12.1 Å². The molecule has 0 radical (unpaired) electrons. The standard InChI is InChI=1S/C18H26N2O4/c1-13-7-5-6-8-14(13)11-19-9-10-20(15(12-19)16(21)22)17(23)24-18(2,3)4/h5-8,15H,9-12H2,1-4H3,(H,21,22)/t15-/m1/s1. The van der Waals surface area contributed by atoms with Crippen molar-refractivity contribution >= 4 is 12.1 Å². The van der Waals surface area contributed by atoms with Crippen LogP contribution in [0, 0.1) is 6.92 Å². The van der Waals surface area contributed by atoms with Crippen molar-refractivity contribution in [1.29, 1.82) is 0 Å². The molecule has 0 aliphatic carbocycles. The second-order valence-electron chi connectivity index (χ2n) is 7.19. The summed E-state index contributed by atoms with van der Waals surface area (Å²) in [5.74, 6) is -1.00. The molecule has 1 aromatic carbocycles. The molecule has 1 saturated heterocycles. The lowest BCUT2D eigenvalue weighted by Crippen LogP contribution is -2.58. The van der Waals surface area contributed by atoms with Crippen LogP contribution in [0.4, 0.5) is 4.79 Å². The van der Waals surface area contributed by atoms with Gasteiger partial charge in [-0.25, -0.2) is 9.59 Å². The first-order valence-electron chi connectivity index (χ1n) is 8.16. The second-order valence-corrected chi connectivity index (χ2v) is 7.19. The summed E-state index contributed by atoms with van der Waals surface area (Å²) in [5, 5.41) is 9.52. The van der Waals surface area contributed by atoms with E-state index in [0.717, 1.165) is 0 Å². The first kappa shape index (κ1) is 18.3. The van der Waals surface area contributed by atoms with Gasteiger partial charge in [0.2, 0.25) is 0 Å². The Kier molecular flexibility index (Phi) is 5.49. The van der Waals surface area contributed by atoms with E-state index in [1.165, 1.54) is 16.0 Å². The Hall–Kier alpha value is -2.08. The third-order valence-electron chi connectivity index (χ3n) is 4.03. The number of hydrogen-bond donors (Lipinski definition) is 1. The van der Waals surface area contributed by atoms with E-state index in [4.69, 9.17) is 4.74 Å². The van der Waals surface area contributed by atoms with Crippen molar-refractivity contribution < 1.29 is 19.4 Å². The van der Waals surface area contributed by atoms with E-state index >= 15 is 0 Å². The van der Waals surface area contributed by atoms with Crippen molar-refractivity contribution in [2.24, 2.45) is 0 Å². The Morgan fingerprint density at radius 3 is 2.50 bits per heavy atom. The van der Waals surface area contributed by atoms with Gasteiger partial charge in [0.05, 0.1) is 0 Å². The Balaban J connectivity index is 2.06. The number of benzene rings is 1. The van der Waals surface area contributed by atoms with Gasteiger partial charge in [0.1, 0.15) is 11.6 Å². The molecule has 6 heteroatoms. The summed E-state index contributed by atoms with van der Waals surface area (Å²) >= 11 is 0. The fraction of sp³-hybridized carbons (Fsp3) is 0.556. The van der Waals surface area contributed by atoms with E-state index in [-0.39, 0.29) is 0 Å². The SMILES string of the molecule is Cc1ccccc1CN1CCN(C(=O)OC(C)(C)C)[C@@H](C(=O)O)C1. The van der Waals surface area contributed by atoms with Gasteiger partial charge in [-0.2, -0.15) is 0 Å². The Labute approximate surface area is 143 Å². The predicted octanol–water partition coefficient (Wildman–Crippen LogP) is 2.50. The largest absolute Gasteiger partial charge is 0.480 e. The Morgan fingerprint density at radius 1 is 1.25 bits per heavy atom. The fourth-order valence-corrected chi connectivity index (χ4v) is 2.76. The highest BCUT2D eigenvalue weighted by Gasteiger charge is 2.37. The number of aryl methyl sites for hydroxylation is 1. The van der Waals surface area contributed by atoms with E-state index < -0.39 is 23.7 Å². The van der Waals surface area contributed by atoms with Crippen molar-refractivity contribution in [3.63, 3.8) is 0 Å². The van der Waals surface area contributed by atoms with Crippen LogP contribution in [-0.2, 0) is 16.1 Å². The van der Waals surface area contributed by atoms with Crippen LogP contribution >= 0.6 is 0 Å². The highest BCUT2D eigenvalue weighted by Crippen LogP contribution is 2.18. The van der Waals surface area contributed by atoms with Crippen LogP contribution in [-0.4, -0.2) is 58.2 Å². The number of carboxylic acid groups (broad SMARTS) is 1. The van der Waals surface area contributed by atoms with Crippen molar-refractivity contribution in [2.75, 3.05) is 19.6 Å². The molecule has 24 heavy (non-hydrogen) atoms. The normalized spacial score (nSPS) is 19.2. The molecule has 1 amide bonds. The highest BCUT2D eigenvalue weighted by molar-refractivity contribution is 5.80. The third-order valence-corrected chi connectivity index (χ3v) is 4.03. The maximum absolute atomic E-state index is 12.3. The van der Waals surface area contributed by atoms with Crippen LogP contribution in [0.1, 0.15) is 31.9 Å². The van der Waals surface area contributed by atoms with Crippen molar-refractivity contribution in [3.8, 4) is 0 Å². The van der Waals surface area contributed by atoms with Crippen LogP contribution in [0.5, 0.6) is 0 Å². The summed E-state index contributed by atoms with van der Waals surface area (Å²) in [6.07, 6.45) is -0.564. The molecule has 132 valence electrons. The maximum Gasteiger partial charge on any atom is 0.411 e. The number of hydrogen-bond acceptors (Lipinski definition) is 4. The molecule has 1 aromatic rings. The number of piperazine rings is 1. The zero-order valence-electron chi connectivity index (χ0n) is 14.8. The van der Waals surface area contributed by atoms with E-state index in [1.54, 1.807) is 20.8 Å². The molecule has 6 nitrogen and oxygen atoms in total. The molecule has 0 saturated carbocycles. The molecule has 1 fully saturated rings. The van der Waals surface area contributed by atoms with Crippen molar-refractivity contribution in [2.45, 2.75) is 45.9 Å². The molecule has 1 atom stereocenters. The minimum absolute atomic E-state index is 0.295. The Morgan fingerprint density at radius 2 is 1.92 bits per heavy atom. The Bertz CT molecular complexity index is 609. The lowest BCUT2D eigenvalue weighted by Gasteiger charge is -2.39. The average molecular weight is 334 g/mol. The van der Waals surface area contributed by atoms with E-state index in [9.17, 15) is 14.7 Å². The zero-order chi connectivity index (χ0) is 17.9. The summed E-state index contributed by atoms with van der Waals surface area (Å²) in [6.45, 7) is 9.30. The van der Waals surface area contributed by atoms with Crippen molar-refractivity contribution in [3.05, 3.63) is 35.4 Å². The molecule has 2 rings (SSSR count). The second kappa shape index (κ2) is 7.21. The number of nitrogens with zero attached hydrogens (tertiary/aromatic N) is 2. The van der Waals surface area contributed by atoms with Crippen LogP contribution in [0.3, 0.4) is 0 Å². The van der Waals surface area contributed by atoms with Crippen LogP contribution in [0.15, 0.2) is 24.3 Å². The average Bonchev–Trinajstić information content (AvgIpc) is 2.47. The lowest BCUT2D eigenvalue weighted by molar-refractivity contribution is -0.145. The summed E-state index contributed by atoms with van der Waals surface area (Å²) in [6, 6.07) is 7.16. The maximum atomic E-state index is 12.3. The molecule has 1 heterocycles. The van der Waals surface area contributed by atoms with Crippen LogP contribution < -0.4 is 0 Å². The van der Waals surface area contributed by atoms with Crippen molar-refractivity contribution in [1.82, 2.24) is 9.80 Å².